The van der Waals surface area contributed by atoms with E-state index in [0.717, 1.165) is 24.7 Å². The molecule has 0 aliphatic carbocycles. The number of aromatic nitrogens is 4. The van der Waals surface area contributed by atoms with Crippen LogP contribution in [0.15, 0.2) is 23.0 Å². The van der Waals surface area contributed by atoms with Gasteiger partial charge in [0.05, 0.1) is 11.7 Å². The third kappa shape index (κ3) is 1.66. The van der Waals surface area contributed by atoms with E-state index in [1.807, 2.05) is 10.6 Å². The lowest BCUT2D eigenvalue weighted by Crippen LogP contribution is -2.32. The third-order valence-electron chi connectivity index (χ3n) is 2.96. The molecule has 0 unspecified atom stereocenters. The van der Waals surface area contributed by atoms with Gasteiger partial charge in [0, 0.05) is 19.2 Å². The van der Waals surface area contributed by atoms with E-state index in [9.17, 15) is 4.79 Å². The van der Waals surface area contributed by atoms with Crippen LogP contribution in [-0.2, 0) is 6.54 Å². The van der Waals surface area contributed by atoms with Crippen LogP contribution in [0.5, 0.6) is 0 Å². The molecule has 0 radical (unpaired) electrons. The van der Waals surface area contributed by atoms with Crippen LogP contribution in [0.3, 0.4) is 0 Å². The van der Waals surface area contributed by atoms with Gasteiger partial charge in [-0.2, -0.15) is 0 Å². The molecular weight excluding hydrogens is 218 g/mol. The second-order valence-corrected chi connectivity index (χ2v) is 4.14. The molecule has 88 valence electrons. The quantitative estimate of drug-likeness (QED) is 0.740. The first-order chi connectivity index (χ1) is 8.25. The summed E-state index contributed by atoms with van der Waals surface area (Å²) in [4.78, 5) is 14.1. The number of nitrogens with zero attached hydrogens (tertiary/aromatic N) is 3. The van der Waals surface area contributed by atoms with Crippen molar-refractivity contribution in [2.24, 2.45) is 0 Å². The van der Waals surface area contributed by atoms with Crippen molar-refractivity contribution in [1.29, 1.82) is 0 Å². The smallest absolute Gasteiger partial charge is 0.248 e. The number of hydrogen-bond donors (Lipinski definition) is 2. The van der Waals surface area contributed by atoms with E-state index >= 15 is 0 Å². The largest absolute Gasteiger partial charge is 0.319 e. The maximum atomic E-state index is 11.3. The minimum absolute atomic E-state index is 0.123. The maximum Gasteiger partial charge on any atom is 0.248 e. The molecular formula is C11H13N5O. The Labute approximate surface area is 97.7 Å². The van der Waals surface area contributed by atoms with Crippen LogP contribution in [0.25, 0.3) is 11.5 Å². The molecule has 2 aromatic rings. The molecule has 6 nitrogen and oxygen atoms in total. The number of rotatable bonds is 1. The fourth-order valence-corrected chi connectivity index (χ4v) is 2.12. The zero-order chi connectivity index (χ0) is 11.8. The van der Waals surface area contributed by atoms with Gasteiger partial charge in [-0.3, -0.25) is 4.79 Å². The number of fused-ring (bicyclic) bond motifs is 1. The predicted molar refractivity (Wildman–Crippen MR) is 62.5 cm³/mol. The van der Waals surface area contributed by atoms with Gasteiger partial charge in [0.25, 0.3) is 0 Å². The summed E-state index contributed by atoms with van der Waals surface area (Å²) < 4.78 is 2.05. The average molecular weight is 231 g/mol. The lowest BCUT2D eigenvalue weighted by Gasteiger charge is -2.21. The molecule has 2 N–H and O–H groups in total. The summed E-state index contributed by atoms with van der Waals surface area (Å²) >= 11 is 0. The summed E-state index contributed by atoms with van der Waals surface area (Å²) in [5.74, 6) is 1.64. The van der Waals surface area contributed by atoms with Crippen molar-refractivity contribution in [3.63, 3.8) is 0 Å². The fourth-order valence-electron chi connectivity index (χ4n) is 2.12. The van der Waals surface area contributed by atoms with Crippen molar-refractivity contribution in [2.45, 2.75) is 19.5 Å². The summed E-state index contributed by atoms with van der Waals surface area (Å²) in [6.45, 7) is 3.76. The normalized spacial score (nSPS) is 19.0. The molecule has 0 aromatic carbocycles. The van der Waals surface area contributed by atoms with Crippen LogP contribution in [-0.4, -0.2) is 26.3 Å². The molecule has 3 rings (SSSR count). The summed E-state index contributed by atoms with van der Waals surface area (Å²) in [7, 11) is 0. The Bertz CT molecular complexity index is 600. The topological polar surface area (TPSA) is 75.6 Å². The average Bonchev–Trinajstić information content (AvgIpc) is 2.74. The molecule has 6 heteroatoms. The summed E-state index contributed by atoms with van der Waals surface area (Å²) in [6, 6.07) is 5.24. The molecule has 0 saturated carbocycles. The Kier molecular flexibility index (Phi) is 2.29. The highest BCUT2D eigenvalue weighted by Crippen LogP contribution is 2.20. The molecule has 1 atom stereocenters. The van der Waals surface area contributed by atoms with Gasteiger partial charge in [0.2, 0.25) is 5.56 Å². The lowest BCUT2D eigenvalue weighted by molar-refractivity contribution is 0.438. The molecule has 0 bridgehead atoms. The van der Waals surface area contributed by atoms with Crippen LogP contribution in [0.4, 0.5) is 0 Å². The van der Waals surface area contributed by atoms with Gasteiger partial charge in [0.15, 0.2) is 5.82 Å². The minimum atomic E-state index is -0.123. The second-order valence-electron chi connectivity index (χ2n) is 4.14. The number of pyridine rings is 1. The van der Waals surface area contributed by atoms with Gasteiger partial charge in [-0.05, 0) is 13.0 Å². The summed E-state index contributed by atoms with van der Waals surface area (Å²) in [5.41, 5.74) is 0.590. The van der Waals surface area contributed by atoms with E-state index in [1.165, 1.54) is 6.07 Å². The van der Waals surface area contributed by atoms with Crippen molar-refractivity contribution < 1.29 is 0 Å². The van der Waals surface area contributed by atoms with E-state index in [-0.39, 0.29) is 11.6 Å². The molecule has 0 fully saturated rings. The molecule has 0 amide bonds. The zero-order valence-corrected chi connectivity index (χ0v) is 9.47. The molecule has 2 aromatic heterocycles. The Morgan fingerprint density at radius 3 is 3.12 bits per heavy atom. The molecule has 0 spiro atoms. The highest BCUT2D eigenvalue weighted by Gasteiger charge is 2.22. The van der Waals surface area contributed by atoms with Gasteiger partial charge >= 0.3 is 0 Å². The zero-order valence-electron chi connectivity index (χ0n) is 9.47. The first kappa shape index (κ1) is 10.2. The Morgan fingerprint density at radius 1 is 1.41 bits per heavy atom. The first-order valence-corrected chi connectivity index (χ1v) is 5.62. The Hall–Kier alpha value is -1.95. The van der Waals surface area contributed by atoms with E-state index in [1.54, 1.807) is 6.07 Å². The van der Waals surface area contributed by atoms with E-state index < -0.39 is 0 Å². The minimum Gasteiger partial charge on any atom is -0.319 e. The highest BCUT2D eigenvalue weighted by molar-refractivity contribution is 5.49. The molecule has 3 heterocycles. The van der Waals surface area contributed by atoms with E-state index in [4.69, 9.17) is 0 Å². The van der Waals surface area contributed by atoms with Crippen LogP contribution < -0.4 is 10.9 Å². The number of H-pyrrole nitrogens is 1. The van der Waals surface area contributed by atoms with E-state index in [0.29, 0.717) is 5.69 Å². The number of nitrogens with one attached hydrogen (secondary N) is 2. The second kappa shape index (κ2) is 3.81. The van der Waals surface area contributed by atoms with Crippen molar-refractivity contribution in [2.75, 3.05) is 6.54 Å². The summed E-state index contributed by atoms with van der Waals surface area (Å²) in [5, 5.41) is 11.7. The van der Waals surface area contributed by atoms with Crippen LogP contribution in [0.1, 0.15) is 18.8 Å². The Balaban J connectivity index is 2.13. The number of aromatic amines is 1. The van der Waals surface area contributed by atoms with Crippen molar-refractivity contribution in [1.82, 2.24) is 25.1 Å². The maximum absolute atomic E-state index is 11.3. The first-order valence-electron chi connectivity index (χ1n) is 5.62. The lowest BCUT2D eigenvalue weighted by atomic mass is 10.2. The monoisotopic (exact) mass is 231 g/mol. The third-order valence-corrected chi connectivity index (χ3v) is 2.96. The van der Waals surface area contributed by atoms with Crippen molar-refractivity contribution in [3.05, 3.63) is 34.4 Å². The van der Waals surface area contributed by atoms with Gasteiger partial charge < -0.3 is 14.9 Å². The fraction of sp³-hybridized carbons (Fsp3) is 0.364. The van der Waals surface area contributed by atoms with Gasteiger partial charge in [0.1, 0.15) is 5.82 Å². The molecule has 1 aliphatic heterocycles. The molecule has 17 heavy (non-hydrogen) atoms. The molecule has 0 saturated heterocycles. The molecule has 1 aliphatic rings. The van der Waals surface area contributed by atoms with Crippen LogP contribution >= 0.6 is 0 Å². The SMILES string of the molecule is C[C@H]1NCCn2c(-c3cccc(=O)[nH]3)nnc21. The van der Waals surface area contributed by atoms with Gasteiger partial charge in [-0.15, -0.1) is 10.2 Å². The number of hydrogen-bond acceptors (Lipinski definition) is 4. The van der Waals surface area contributed by atoms with Crippen molar-refractivity contribution in [3.8, 4) is 11.5 Å². The van der Waals surface area contributed by atoms with Gasteiger partial charge in [-0.1, -0.05) is 6.07 Å². The van der Waals surface area contributed by atoms with Crippen molar-refractivity contribution >= 4 is 0 Å². The van der Waals surface area contributed by atoms with Crippen LogP contribution in [0, 0.1) is 0 Å². The van der Waals surface area contributed by atoms with Gasteiger partial charge in [-0.25, -0.2) is 0 Å². The Morgan fingerprint density at radius 2 is 2.29 bits per heavy atom. The highest BCUT2D eigenvalue weighted by atomic mass is 16.1. The van der Waals surface area contributed by atoms with Crippen LogP contribution in [0.2, 0.25) is 0 Å². The standard InChI is InChI=1S/C11H13N5O/c1-7-10-14-15-11(16(10)6-5-12-7)8-3-2-4-9(17)13-8/h2-4,7,12H,5-6H2,1H3,(H,13,17)/t7-/m1/s1. The predicted octanol–water partition coefficient (Wildman–Crippen LogP) is 0.298. The summed E-state index contributed by atoms with van der Waals surface area (Å²) in [6.07, 6.45) is 0. The van der Waals surface area contributed by atoms with E-state index in [2.05, 4.69) is 27.4 Å².